The van der Waals surface area contributed by atoms with Crippen LogP contribution in [-0.2, 0) is 20.9 Å². The van der Waals surface area contributed by atoms with Crippen LogP contribution in [0.15, 0.2) is 30.3 Å². The summed E-state index contributed by atoms with van der Waals surface area (Å²) in [6, 6.07) is 9.12. The van der Waals surface area contributed by atoms with E-state index in [1.54, 1.807) is 4.90 Å². The van der Waals surface area contributed by atoms with Crippen molar-refractivity contribution < 1.29 is 14.3 Å². The van der Waals surface area contributed by atoms with Gasteiger partial charge in [-0.25, -0.2) is 4.79 Å². The third kappa shape index (κ3) is 4.06. The number of carbonyl (C=O) groups is 2. The third-order valence-corrected chi connectivity index (χ3v) is 3.79. The number of ether oxygens (including phenoxy) is 1. The van der Waals surface area contributed by atoms with E-state index in [1.165, 1.54) is 0 Å². The van der Waals surface area contributed by atoms with E-state index in [0.717, 1.165) is 18.4 Å². The van der Waals surface area contributed by atoms with Gasteiger partial charge in [0, 0.05) is 13.0 Å². The molecule has 0 saturated carbocycles. The highest BCUT2D eigenvalue weighted by Gasteiger charge is 2.34. The molecule has 1 atom stereocenters. The lowest BCUT2D eigenvalue weighted by Crippen LogP contribution is -2.50. The fourth-order valence-electron chi connectivity index (χ4n) is 2.69. The lowest BCUT2D eigenvalue weighted by Gasteiger charge is -2.35. The molecule has 1 fully saturated rings. The molecule has 4 heteroatoms. The predicted molar refractivity (Wildman–Crippen MR) is 80.4 cm³/mol. The summed E-state index contributed by atoms with van der Waals surface area (Å²) in [5.74, 6) is -0.184. The quantitative estimate of drug-likeness (QED) is 0.783. The summed E-state index contributed by atoms with van der Waals surface area (Å²) in [7, 11) is 0. The summed E-state index contributed by atoms with van der Waals surface area (Å²) in [6.45, 7) is 4.82. The van der Waals surface area contributed by atoms with Crippen molar-refractivity contribution in [3.63, 3.8) is 0 Å². The van der Waals surface area contributed by atoms with Crippen LogP contribution < -0.4 is 0 Å². The fraction of sp³-hybridized carbons (Fsp3) is 0.529. The van der Waals surface area contributed by atoms with Gasteiger partial charge in [0.15, 0.2) is 0 Å². The van der Waals surface area contributed by atoms with Crippen molar-refractivity contribution in [2.75, 3.05) is 6.54 Å². The maximum atomic E-state index is 12.4. The summed E-state index contributed by atoms with van der Waals surface area (Å²) in [4.78, 5) is 26.1. The van der Waals surface area contributed by atoms with Gasteiger partial charge in [-0.3, -0.25) is 4.79 Å². The zero-order valence-corrected chi connectivity index (χ0v) is 12.7. The molecule has 0 radical (unpaired) electrons. The Hall–Kier alpha value is -1.84. The minimum Gasteiger partial charge on any atom is -0.459 e. The Bertz CT molecular complexity index is 484. The molecule has 1 saturated heterocycles. The second kappa shape index (κ2) is 7.25. The lowest BCUT2D eigenvalue weighted by atomic mass is 9.99. The summed E-state index contributed by atoms with van der Waals surface area (Å²) in [6.07, 6.45) is 2.41. The molecular formula is C17H23NO3. The first-order valence-corrected chi connectivity index (χ1v) is 7.59. The number of amides is 1. The van der Waals surface area contributed by atoms with Gasteiger partial charge in [-0.1, -0.05) is 44.2 Å². The molecule has 0 unspecified atom stereocenters. The molecule has 4 nitrogen and oxygen atoms in total. The Kier molecular flexibility index (Phi) is 5.37. The van der Waals surface area contributed by atoms with E-state index in [0.29, 0.717) is 13.0 Å². The number of piperidine rings is 1. The molecular weight excluding hydrogens is 266 g/mol. The van der Waals surface area contributed by atoms with Crippen molar-refractivity contribution in [3.05, 3.63) is 35.9 Å². The van der Waals surface area contributed by atoms with Crippen LogP contribution in [0.3, 0.4) is 0 Å². The number of hydrogen-bond acceptors (Lipinski definition) is 3. The van der Waals surface area contributed by atoms with Gasteiger partial charge in [0.1, 0.15) is 12.6 Å². The summed E-state index contributed by atoms with van der Waals surface area (Å²) >= 11 is 0. The van der Waals surface area contributed by atoms with Crippen LogP contribution in [-0.4, -0.2) is 29.4 Å². The first-order valence-electron chi connectivity index (χ1n) is 7.59. The van der Waals surface area contributed by atoms with Crippen molar-refractivity contribution >= 4 is 11.9 Å². The summed E-state index contributed by atoms with van der Waals surface area (Å²) in [5, 5.41) is 0. The first kappa shape index (κ1) is 15.5. The number of hydrogen-bond donors (Lipinski definition) is 0. The number of benzene rings is 1. The number of rotatable bonds is 5. The highest BCUT2D eigenvalue weighted by atomic mass is 16.5. The Morgan fingerprint density at radius 3 is 2.57 bits per heavy atom. The average Bonchev–Trinajstić information content (AvgIpc) is 2.48. The maximum Gasteiger partial charge on any atom is 0.329 e. The van der Waals surface area contributed by atoms with Crippen LogP contribution in [0.4, 0.5) is 0 Å². The third-order valence-electron chi connectivity index (χ3n) is 3.79. The predicted octanol–water partition coefficient (Wildman–Crippen LogP) is 2.77. The Morgan fingerprint density at radius 2 is 1.95 bits per heavy atom. The molecule has 0 aromatic heterocycles. The number of esters is 1. The maximum absolute atomic E-state index is 12.4. The fourth-order valence-corrected chi connectivity index (χ4v) is 2.69. The van der Waals surface area contributed by atoms with Crippen molar-refractivity contribution in [2.45, 2.75) is 45.8 Å². The second-order valence-electron chi connectivity index (χ2n) is 5.83. The Balaban J connectivity index is 2.00. The van der Waals surface area contributed by atoms with Crippen molar-refractivity contribution in [1.82, 2.24) is 4.90 Å². The van der Waals surface area contributed by atoms with Gasteiger partial charge in [-0.2, -0.15) is 0 Å². The number of nitrogens with zero attached hydrogens (tertiary/aromatic N) is 1. The average molecular weight is 289 g/mol. The van der Waals surface area contributed by atoms with Crippen LogP contribution in [0.25, 0.3) is 0 Å². The van der Waals surface area contributed by atoms with Crippen LogP contribution in [0.5, 0.6) is 0 Å². The molecule has 114 valence electrons. The first-order chi connectivity index (χ1) is 10.1. The van der Waals surface area contributed by atoms with E-state index in [-0.39, 0.29) is 24.4 Å². The minimum atomic E-state index is -0.471. The van der Waals surface area contributed by atoms with E-state index in [1.807, 2.05) is 44.2 Å². The normalized spacial score (nSPS) is 16.9. The smallest absolute Gasteiger partial charge is 0.329 e. The number of likely N-dealkylation sites (tertiary alicyclic amines) is 1. The van der Waals surface area contributed by atoms with Crippen LogP contribution in [0.2, 0.25) is 0 Å². The molecule has 2 rings (SSSR count). The topological polar surface area (TPSA) is 46.6 Å². The van der Waals surface area contributed by atoms with E-state index < -0.39 is 6.04 Å². The summed E-state index contributed by atoms with van der Waals surface area (Å²) < 4.78 is 5.42. The van der Waals surface area contributed by atoms with E-state index in [9.17, 15) is 9.59 Å². The van der Waals surface area contributed by atoms with E-state index >= 15 is 0 Å². The monoisotopic (exact) mass is 289 g/mol. The van der Waals surface area contributed by atoms with Crippen LogP contribution >= 0.6 is 0 Å². The van der Waals surface area contributed by atoms with Gasteiger partial charge in [-0.05, 0) is 24.3 Å². The summed E-state index contributed by atoms with van der Waals surface area (Å²) in [5.41, 5.74) is 0.957. The molecule has 21 heavy (non-hydrogen) atoms. The number of carbonyl (C=O) groups excluding carboxylic acids is 2. The van der Waals surface area contributed by atoms with E-state index in [2.05, 4.69) is 0 Å². The standard InChI is InChI=1S/C17H23NO3/c1-13(2)16(18-11-7-6-10-15(18)19)17(20)21-12-14-8-4-3-5-9-14/h3-5,8-9,13,16H,6-7,10-12H2,1-2H3/t16-/m0/s1. The van der Waals surface area contributed by atoms with Crippen molar-refractivity contribution in [3.8, 4) is 0 Å². The van der Waals surface area contributed by atoms with Gasteiger partial charge in [0.2, 0.25) is 5.91 Å². The Morgan fingerprint density at radius 1 is 1.24 bits per heavy atom. The van der Waals surface area contributed by atoms with Crippen molar-refractivity contribution in [1.29, 1.82) is 0 Å². The largest absolute Gasteiger partial charge is 0.459 e. The molecule has 0 spiro atoms. The minimum absolute atomic E-state index is 0.0512. The second-order valence-corrected chi connectivity index (χ2v) is 5.83. The molecule has 1 amide bonds. The zero-order valence-electron chi connectivity index (χ0n) is 12.7. The SMILES string of the molecule is CC(C)[C@@H](C(=O)OCc1ccccc1)N1CCCCC1=O. The highest BCUT2D eigenvalue weighted by Crippen LogP contribution is 2.20. The van der Waals surface area contributed by atoms with Gasteiger partial charge < -0.3 is 9.64 Å². The van der Waals surface area contributed by atoms with E-state index in [4.69, 9.17) is 4.74 Å². The van der Waals surface area contributed by atoms with Gasteiger partial charge in [-0.15, -0.1) is 0 Å². The van der Waals surface area contributed by atoms with Crippen LogP contribution in [0.1, 0.15) is 38.7 Å². The molecule has 0 N–H and O–H groups in total. The van der Waals surface area contributed by atoms with Crippen molar-refractivity contribution in [2.24, 2.45) is 5.92 Å². The molecule has 1 aromatic rings. The molecule has 0 aliphatic carbocycles. The van der Waals surface area contributed by atoms with Gasteiger partial charge in [0.25, 0.3) is 0 Å². The Labute approximate surface area is 126 Å². The molecule has 0 bridgehead atoms. The molecule has 1 aromatic carbocycles. The molecule has 1 heterocycles. The highest BCUT2D eigenvalue weighted by molar-refractivity contribution is 5.85. The van der Waals surface area contributed by atoms with Crippen LogP contribution in [0, 0.1) is 5.92 Å². The van der Waals surface area contributed by atoms with Gasteiger partial charge in [0.05, 0.1) is 0 Å². The lowest BCUT2D eigenvalue weighted by molar-refractivity contribution is -0.159. The zero-order chi connectivity index (χ0) is 15.2. The molecule has 1 aliphatic heterocycles. The molecule has 1 aliphatic rings. The van der Waals surface area contributed by atoms with Gasteiger partial charge >= 0.3 is 5.97 Å².